The first kappa shape index (κ1) is 20.5. The van der Waals surface area contributed by atoms with Crippen LogP contribution in [0.25, 0.3) is 0 Å². The van der Waals surface area contributed by atoms with Crippen LogP contribution in [0.1, 0.15) is 40.5 Å². The Labute approximate surface area is 139 Å². The summed E-state index contributed by atoms with van der Waals surface area (Å²) < 4.78 is 3.54. The second kappa shape index (κ2) is 6.30. The van der Waals surface area contributed by atoms with Crippen LogP contribution in [-0.2, 0) is 14.0 Å². The van der Waals surface area contributed by atoms with Crippen LogP contribution >= 0.6 is 24.8 Å². The van der Waals surface area contributed by atoms with Crippen molar-refractivity contribution in [3.05, 3.63) is 42.2 Å². The molecule has 114 valence electrons. The fraction of sp³-hybridized carbons (Fsp3) is 0.500. The first-order valence-corrected chi connectivity index (χ1v) is 15.6. The van der Waals surface area contributed by atoms with Crippen molar-refractivity contribution in [1.29, 1.82) is 0 Å². The Kier molecular flexibility index (Phi) is 6.45. The zero-order chi connectivity index (χ0) is 13.7. The minimum absolute atomic E-state index is 0. The van der Waals surface area contributed by atoms with E-state index in [9.17, 15) is 0 Å². The molecule has 0 nitrogen and oxygen atoms in total. The van der Waals surface area contributed by atoms with Crippen LogP contribution in [0, 0.1) is 0 Å². The number of halogens is 2. The van der Waals surface area contributed by atoms with E-state index in [2.05, 4.69) is 57.9 Å². The van der Waals surface area contributed by atoms with E-state index in [1.165, 1.54) is 24.0 Å². The third-order valence-corrected chi connectivity index (χ3v) is 16.3. The number of hydrogen-bond donors (Lipinski definition) is 0. The average molecular weight is 367 g/mol. The molecule has 2 rings (SSSR count). The summed E-state index contributed by atoms with van der Waals surface area (Å²) in [5.74, 6) is 0. The summed E-state index contributed by atoms with van der Waals surface area (Å²) in [5, 5.41) is 5.20. The second-order valence-electron chi connectivity index (χ2n) is 7.31. The van der Waals surface area contributed by atoms with Gasteiger partial charge < -0.3 is 0 Å². The molecule has 0 N–H and O–H groups in total. The van der Waals surface area contributed by atoms with Gasteiger partial charge in [-0.2, -0.15) is 0 Å². The molecule has 0 amide bonds. The molecule has 0 heterocycles. The smallest absolute Gasteiger partial charge is 0.147 e. The standard InChI is InChI=1S/2C7H9.2CH3.2ClH.H2Si.Ti/c2*1-6-4-3-5-7(6)2;;;;;;/h2*4H,5H2,1-2H3;2*1H3;2*1H;1H2;. The van der Waals surface area contributed by atoms with Gasteiger partial charge in [0.25, 0.3) is 0 Å². The van der Waals surface area contributed by atoms with Crippen LogP contribution in [0.4, 0.5) is 0 Å². The fourth-order valence-corrected chi connectivity index (χ4v) is 10.2. The SMILES string of the molecule is CC1=C(C)C[C]([Ti]([CH3])([CH3])(=[SiH2])[C]2=CC(C)=C(C)C2)=C1.Cl.Cl. The normalized spacial score (nSPS) is 19.6. The fourth-order valence-electron chi connectivity index (χ4n) is 2.96. The Morgan fingerprint density at radius 1 is 0.800 bits per heavy atom. The van der Waals surface area contributed by atoms with Crippen molar-refractivity contribution in [2.24, 2.45) is 0 Å². The summed E-state index contributed by atoms with van der Waals surface area (Å²) in [6.07, 6.45) is 7.47. The van der Waals surface area contributed by atoms with Gasteiger partial charge in [0.15, 0.2) is 0 Å². The van der Waals surface area contributed by atoms with Gasteiger partial charge in [0, 0.05) is 0 Å². The van der Waals surface area contributed by atoms with Crippen molar-refractivity contribution < 1.29 is 14.0 Å². The van der Waals surface area contributed by atoms with Gasteiger partial charge in [0.2, 0.25) is 0 Å². The molecule has 0 spiro atoms. The van der Waals surface area contributed by atoms with Crippen LogP contribution in [0.3, 0.4) is 0 Å². The summed E-state index contributed by atoms with van der Waals surface area (Å²) in [4.78, 5) is 0. The molecule has 0 radical (unpaired) electrons. The second-order valence-corrected chi connectivity index (χ2v) is 26.4. The van der Waals surface area contributed by atoms with E-state index in [0.29, 0.717) is 0 Å². The molecule has 0 saturated carbocycles. The zero-order valence-electron chi connectivity index (χ0n) is 13.6. The van der Waals surface area contributed by atoms with Crippen LogP contribution < -0.4 is 0 Å². The van der Waals surface area contributed by atoms with Crippen molar-refractivity contribution in [2.75, 3.05) is 0 Å². The number of allylic oxidation sites excluding steroid dienone is 8. The van der Waals surface area contributed by atoms with Gasteiger partial charge in [0.1, 0.15) is 0 Å². The molecule has 0 saturated heterocycles. The van der Waals surface area contributed by atoms with E-state index >= 15 is 0 Å². The predicted octanol–water partition coefficient (Wildman–Crippen LogP) is 5.41. The molecule has 0 aliphatic heterocycles. The molecule has 0 bridgehead atoms. The van der Waals surface area contributed by atoms with E-state index in [-0.39, 0.29) is 24.8 Å². The van der Waals surface area contributed by atoms with E-state index in [1.54, 1.807) is 18.9 Å². The van der Waals surface area contributed by atoms with Gasteiger partial charge in [-0.3, -0.25) is 0 Å². The third-order valence-electron chi connectivity index (χ3n) is 5.10. The Morgan fingerprint density at radius 3 is 1.30 bits per heavy atom. The summed E-state index contributed by atoms with van der Waals surface area (Å²) in [5.41, 5.74) is 6.18. The molecular weight excluding hydrogens is 339 g/mol. The summed E-state index contributed by atoms with van der Waals surface area (Å²) in [6.45, 7) is 9.13. The Hall–Kier alpha value is 0.471. The van der Waals surface area contributed by atoms with E-state index in [0.717, 1.165) is 0 Å². The van der Waals surface area contributed by atoms with Gasteiger partial charge in [-0.1, -0.05) is 0 Å². The van der Waals surface area contributed by atoms with Gasteiger partial charge in [-0.05, 0) is 0 Å². The van der Waals surface area contributed by atoms with Gasteiger partial charge in [-0.15, -0.1) is 24.8 Å². The molecule has 0 aromatic carbocycles. The molecular formula is C16H28Cl2SiTi. The topological polar surface area (TPSA) is 0 Å². The van der Waals surface area contributed by atoms with E-state index in [1.807, 2.05) is 0 Å². The molecule has 20 heavy (non-hydrogen) atoms. The molecule has 2 aliphatic carbocycles. The maximum Gasteiger partial charge on any atom is -0.147 e. The quantitative estimate of drug-likeness (QED) is 0.573. The van der Waals surface area contributed by atoms with Gasteiger partial charge >= 0.3 is 115 Å². The first-order valence-electron chi connectivity index (χ1n) is 6.92. The molecule has 2 aliphatic rings. The summed E-state index contributed by atoms with van der Waals surface area (Å²) >= 11 is -2.58. The Bertz CT molecular complexity index is 564. The number of hydrogen-bond acceptors (Lipinski definition) is 0. The largest absolute Gasteiger partial charge is 0.147 e. The predicted molar refractivity (Wildman–Crippen MR) is 96.9 cm³/mol. The van der Waals surface area contributed by atoms with Crippen molar-refractivity contribution in [3.8, 4) is 0 Å². The number of rotatable bonds is 2. The molecule has 0 aromatic rings. The molecule has 0 aromatic heterocycles. The Morgan fingerprint density at radius 2 is 1.10 bits per heavy atom. The van der Waals surface area contributed by atoms with Crippen LogP contribution in [0.2, 0.25) is 10.5 Å². The average Bonchev–Trinajstić information content (AvgIpc) is 2.74. The minimum Gasteiger partial charge on any atom is -0.147 e. The molecule has 0 unspecified atom stereocenters. The van der Waals surface area contributed by atoms with Crippen molar-refractivity contribution >= 4 is 32.4 Å². The third kappa shape index (κ3) is 3.44. The van der Waals surface area contributed by atoms with Gasteiger partial charge in [0.05, 0.1) is 0 Å². The van der Waals surface area contributed by atoms with Crippen LogP contribution in [0.5, 0.6) is 0 Å². The maximum atomic E-state index is 2.60. The molecule has 0 atom stereocenters. The summed E-state index contributed by atoms with van der Waals surface area (Å²) in [6, 6.07) is 0. The van der Waals surface area contributed by atoms with Crippen molar-refractivity contribution in [2.45, 2.75) is 51.0 Å². The minimum atomic E-state index is -2.58. The van der Waals surface area contributed by atoms with Gasteiger partial charge in [-0.25, -0.2) is 0 Å². The first-order chi connectivity index (χ1) is 8.10. The van der Waals surface area contributed by atoms with E-state index in [4.69, 9.17) is 0 Å². The zero-order valence-corrected chi connectivity index (χ0v) is 18.2. The monoisotopic (exact) mass is 366 g/mol. The van der Waals surface area contributed by atoms with E-state index < -0.39 is 14.0 Å². The van der Waals surface area contributed by atoms with Crippen LogP contribution in [-0.4, -0.2) is 7.63 Å². The van der Waals surface area contributed by atoms with Crippen LogP contribution in [0.15, 0.2) is 42.2 Å². The van der Waals surface area contributed by atoms with Crippen molar-refractivity contribution in [1.82, 2.24) is 0 Å². The van der Waals surface area contributed by atoms with Crippen molar-refractivity contribution in [3.63, 3.8) is 0 Å². The summed E-state index contributed by atoms with van der Waals surface area (Å²) in [7, 11) is 2.34. The molecule has 4 heteroatoms. The maximum absolute atomic E-state index is 2.60. The molecule has 0 fully saturated rings. The Balaban J connectivity index is 0.00000180.